The van der Waals surface area contributed by atoms with Crippen LogP contribution in [0.2, 0.25) is 0 Å². The molecule has 0 saturated carbocycles. The van der Waals surface area contributed by atoms with Crippen LogP contribution in [0.4, 0.5) is 0 Å². The molecule has 2 aromatic rings. The molecule has 0 spiro atoms. The predicted molar refractivity (Wildman–Crippen MR) is 89.5 cm³/mol. The zero-order valence-corrected chi connectivity index (χ0v) is 13.1. The second-order valence-electron chi connectivity index (χ2n) is 5.97. The Morgan fingerprint density at radius 3 is 2.08 bits per heavy atom. The quantitative estimate of drug-likeness (QED) is 0.797. The second-order valence-corrected chi connectivity index (χ2v) is 5.97. The number of benzene rings is 2. The van der Waals surface area contributed by atoms with Gasteiger partial charge in [0.2, 0.25) is 0 Å². The lowest BCUT2D eigenvalue weighted by Crippen LogP contribution is -2.28. The van der Waals surface area contributed by atoms with E-state index < -0.39 is 18.0 Å². The lowest BCUT2D eigenvalue weighted by Gasteiger charge is -2.15. The lowest BCUT2D eigenvalue weighted by atomic mass is 9.98. The van der Waals surface area contributed by atoms with Gasteiger partial charge >= 0.3 is 11.9 Å². The molecule has 0 bridgehead atoms. The van der Waals surface area contributed by atoms with Gasteiger partial charge in [-0.1, -0.05) is 48.5 Å². The molecule has 5 heteroatoms. The van der Waals surface area contributed by atoms with Crippen LogP contribution in [0.1, 0.15) is 29.9 Å². The first-order chi connectivity index (χ1) is 11.6. The van der Waals surface area contributed by atoms with Gasteiger partial charge in [-0.2, -0.15) is 0 Å². The molecule has 0 amide bonds. The van der Waals surface area contributed by atoms with E-state index in [0.29, 0.717) is 0 Å². The van der Waals surface area contributed by atoms with Crippen molar-refractivity contribution in [3.63, 3.8) is 0 Å². The minimum atomic E-state index is -1.02. The molecule has 2 aromatic carbocycles. The summed E-state index contributed by atoms with van der Waals surface area (Å²) in [5.41, 5.74) is 10.2. The Morgan fingerprint density at radius 1 is 1.00 bits per heavy atom. The normalized spacial score (nSPS) is 13.9. The van der Waals surface area contributed by atoms with Crippen molar-refractivity contribution in [3.8, 4) is 11.1 Å². The predicted octanol–water partition coefficient (Wildman–Crippen LogP) is 2.53. The molecule has 1 atom stereocenters. The molecule has 3 N–H and O–H groups in total. The molecule has 0 fully saturated rings. The number of hydrogen-bond acceptors (Lipinski definition) is 4. The number of esters is 1. The van der Waals surface area contributed by atoms with E-state index in [1.54, 1.807) is 0 Å². The van der Waals surface area contributed by atoms with Crippen molar-refractivity contribution in [1.29, 1.82) is 0 Å². The Bertz CT molecular complexity index is 726. The van der Waals surface area contributed by atoms with E-state index in [1.165, 1.54) is 0 Å². The first kappa shape index (κ1) is 16.2. The summed E-state index contributed by atoms with van der Waals surface area (Å²) in [6, 6.07) is 15.4. The first-order valence-electron chi connectivity index (χ1n) is 7.87. The Balaban J connectivity index is 1.69. The van der Waals surface area contributed by atoms with E-state index in [4.69, 9.17) is 15.6 Å². The van der Waals surface area contributed by atoms with Crippen molar-refractivity contribution >= 4 is 11.9 Å². The Morgan fingerprint density at radius 2 is 1.54 bits per heavy atom. The number of carboxylic acids is 1. The highest BCUT2D eigenvalue weighted by atomic mass is 16.5. The number of carbonyl (C=O) groups excluding carboxylic acids is 1. The summed E-state index contributed by atoms with van der Waals surface area (Å²) in [5, 5.41) is 8.69. The van der Waals surface area contributed by atoms with Gasteiger partial charge in [0.1, 0.15) is 6.61 Å². The van der Waals surface area contributed by atoms with Crippen LogP contribution in [0, 0.1) is 0 Å². The molecule has 124 valence electrons. The Kier molecular flexibility index (Phi) is 4.62. The maximum absolute atomic E-state index is 11.9. The van der Waals surface area contributed by atoms with Crippen molar-refractivity contribution in [3.05, 3.63) is 59.7 Å². The van der Waals surface area contributed by atoms with E-state index in [2.05, 4.69) is 12.1 Å². The molecule has 1 aliphatic rings. The molecule has 3 rings (SSSR count). The summed E-state index contributed by atoms with van der Waals surface area (Å²) >= 11 is 0. The van der Waals surface area contributed by atoms with E-state index in [0.717, 1.165) is 22.3 Å². The monoisotopic (exact) mass is 325 g/mol. The number of ether oxygens (including phenoxy) is 1. The molecule has 5 nitrogen and oxygen atoms in total. The summed E-state index contributed by atoms with van der Waals surface area (Å²) in [7, 11) is 0. The highest BCUT2D eigenvalue weighted by Crippen LogP contribution is 2.44. The van der Waals surface area contributed by atoms with Gasteiger partial charge in [-0.3, -0.25) is 9.59 Å². The van der Waals surface area contributed by atoms with Crippen LogP contribution in [-0.2, 0) is 14.3 Å². The SMILES string of the molecule is N[C@H](CC(=O)O)CC(=O)OCC1c2ccccc2-c2ccccc21. The highest BCUT2D eigenvalue weighted by molar-refractivity contribution is 5.79. The van der Waals surface area contributed by atoms with Gasteiger partial charge in [0, 0.05) is 12.0 Å². The molecule has 0 aliphatic heterocycles. The molecule has 0 unspecified atom stereocenters. The first-order valence-corrected chi connectivity index (χ1v) is 7.87. The number of aliphatic carboxylic acids is 1. The van der Waals surface area contributed by atoms with Crippen LogP contribution in [0.3, 0.4) is 0 Å². The molecular formula is C19H19NO4. The van der Waals surface area contributed by atoms with Crippen LogP contribution < -0.4 is 5.73 Å². The van der Waals surface area contributed by atoms with Crippen molar-refractivity contribution in [2.24, 2.45) is 5.73 Å². The molecule has 0 aromatic heterocycles. The Labute approximate surface area is 140 Å². The summed E-state index contributed by atoms with van der Waals surface area (Å²) in [5.74, 6) is -1.49. The summed E-state index contributed by atoms with van der Waals surface area (Å²) < 4.78 is 5.38. The van der Waals surface area contributed by atoms with Gasteiger partial charge in [-0.05, 0) is 22.3 Å². The van der Waals surface area contributed by atoms with Crippen LogP contribution in [0.5, 0.6) is 0 Å². The standard InChI is InChI=1S/C19H19NO4/c20-12(9-18(21)22)10-19(23)24-11-17-15-7-3-1-5-13(15)14-6-2-4-8-16(14)17/h1-8,12,17H,9-11,20H2,(H,21,22)/t12-/m1/s1. The van der Waals surface area contributed by atoms with Gasteiger partial charge in [0.05, 0.1) is 12.8 Å². The fourth-order valence-electron chi connectivity index (χ4n) is 3.19. The number of carboxylic acid groups (broad SMARTS) is 1. The van der Waals surface area contributed by atoms with Crippen LogP contribution >= 0.6 is 0 Å². The molecule has 24 heavy (non-hydrogen) atoms. The van der Waals surface area contributed by atoms with Crippen LogP contribution in [0.25, 0.3) is 11.1 Å². The number of hydrogen-bond donors (Lipinski definition) is 2. The third-order valence-corrected chi connectivity index (χ3v) is 4.24. The fourth-order valence-corrected chi connectivity index (χ4v) is 3.19. The van der Waals surface area contributed by atoms with Crippen molar-refractivity contribution < 1.29 is 19.4 Å². The molecule has 0 saturated heterocycles. The minimum Gasteiger partial charge on any atom is -0.481 e. The molecule has 0 heterocycles. The Hall–Kier alpha value is -2.66. The van der Waals surface area contributed by atoms with Gasteiger partial charge in [0.25, 0.3) is 0 Å². The molecule has 1 aliphatic carbocycles. The van der Waals surface area contributed by atoms with Gasteiger partial charge in [-0.25, -0.2) is 0 Å². The average Bonchev–Trinajstić information content (AvgIpc) is 2.86. The topological polar surface area (TPSA) is 89.6 Å². The maximum atomic E-state index is 11.9. The summed E-state index contributed by atoms with van der Waals surface area (Å²) in [4.78, 5) is 22.5. The van der Waals surface area contributed by atoms with E-state index in [1.807, 2.05) is 36.4 Å². The van der Waals surface area contributed by atoms with Gasteiger partial charge in [-0.15, -0.1) is 0 Å². The average molecular weight is 325 g/mol. The van der Waals surface area contributed by atoms with Crippen LogP contribution in [-0.4, -0.2) is 29.7 Å². The number of rotatable bonds is 6. The number of fused-ring (bicyclic) bond motifs is 3. The maximum Gasteiger partial charge on any atom is 0.307 e. The summed E-state index contributed by atoms with van der Waals surface area (Å²) in [6.45, 7) is 0.229. The van der Waals surface area contributed by atoms with Gasteiger partial charge in [0.15, 0.2) is 0 Å². The molecule has 0 radical (unpaired) electrons. The van der Waals surface area contributed by atoms with Crippen molar-refractivity contribution in [2.45, 2.75) is 24.8 Å². The third-order valence-electron chi connectivity index (χ3n) is 4.24. The van der Waals surface area contributed by atoms with E-state index in [9.17, 15) is 9.59 Å². The zero-order chi connectivity index (χ0) is 17.1. The van der Waals surface area contributed by atoms with Crippen LogP contribution in [0.15, 0.2) is 48.5 Å². The largest absolute Gasteiger partial charge is 0.481 e. The summed E-state index contributed by atoms with van der Waals surface area (Å²) in [6.07, 6.45) is -0.341. The highest BCUT2D eigenvalue weighted by Gasteiger charge is 2.29. The van der Waals surface area contributed by atoms with E-state index in [-0.39, 0.29) is 25.4 Å². The van der Waals surface area contributed by atoms with Crippen molar-refractivity contribution in [2.75, 3.05) is 6.61 Å². The van der Waals surface area contributed by atoms with Gasteiger partial charge < -0.3 is 15.6 Å². The fraction of sp³-hybridized carbons (Fsp3) is 0.263. The van der Waals surface area contributed by atoms with E-state index >= 15 is 0 Å². The minimum absolute atomic E-state index is 0.00273. The zero-order valence-electron chi connectivity index (χ0n) is 13.1. The van der Waals surface area contributed by atoms with Crippen molar-refractivity contribution in [1.82, 2.24) is 0 Å². The smallest absolute Gasteiger partial charge is 0.307 e. The lowest BCUT2D eigenvalue weighted by molar-refractivity contribution is -0.144. The third kappa shape index (κ3) is 3.31. The number of nitrogens with two attached hydrogens (primary N) is 1. The number of carbonyl (C=O) groups is 2. The second kappa shape index (κ2) is 6.84. The molecular weight excluding hydrogens is 306 g/mol.